The molecule has 4 N–H and O–H groups in total. The van der Waals surface area contributed by atoms with Crippen molar-refractivity contribution < 1.29 is 19.4 Å². The minimum absolute atomic E-state index is 0.100. The molecule has 2 saturated heterocycles. The van der Waals surface area contributed by atoms with Crippen LogP contribution in [0.4, 0.5) is 17.1 Å². The third-order valence-corrected chi connectivity index (χ3v) is 15.8. The number of H-pyrrole nitrogens is 1. The molecule has 4 fully saturated rings. The van der Waals surface area contributed by atoms with Crippen molar-refractivity contribution in [3.8, 4) is 17.2 Å². The highest BCUT2D eigenvalue weighted by molar-refractivity contribution is 7.98. The highest BCUT2D eigenvalue weighted by Gasteiger charge is 2.50. The molecule has 13 heteroatoms. The molecule has 0 bridgehead atoms. The van der Waals surface area contributed by atoms with Crippen molar-refractivity contribution in [1.29, 1.82) is 0 Å². The fraction of sp³-hybridized carbons (Fsp3) is 0.490. The summed E-state index contributed by atoms with van der Waals surface area (Å²) in [4.78, 5) is 39.7. The van der Waals surface area contributed by atoms with Crippen LogP contribution < -0.4 is 24.4 Å². The number of fused-ring (bicyclic) bond motifs is 2. The van der Waals surface area contributed by atoms with Crippen LogP contribution in [0.2, 0.25) is 0 Å². The zero-order chi connectivity index (χ0) is 44.0. The van der Waals surface area contributed by atoms with E-state index in [1.54, 1.807) is 12.3 Å². The van der Waals surface area contributed by atoms with Crippen molar-refractivity contribution in [3.63, 3.8) is 0 Å². The number of rotatable bonds is 12. The van der Waals surface area contributed by atoms with Crippen LogP contribution in [0.25, 0.3) is 11.0 Å². The third-order valence-electron chi connectivity index (χ3n) is 15.1. The summed E-state index contributed by atoms with van der Waals surface area (Å²) in [6.45, 7) is 10.2. The van der Waals surface area contributed by atoms with E-state index >= 15 is 0 Å². The van der Waals surface area contributed by atoms with Crippen LogP contribution in [0.5, 0.6) is 17.2 Å². The van der Waals surface area contributed by atoms with Gasteiger partial charge in [-0.25, -0.2) is 4.98 Å². The maximum Gasteiger partial charge on any atom is 0.265 e. The van der Waals surface area contributed by atoms with E-state index < -0.39 is 5.60 Å². The van der Waals surface area contributed by atoms with Crippen molar-refractivity contribution in [3.05, 3.63) is 101 Å². The number of aromatic amines is 1. The molecular weight excluding hydrogens is 823 g/mol. The van der Waals surface area contributed by atoms with Gasteiger partial charge >= 0.3 is 0 Å². The first-order valence-electron chi connectivity index (χ1n) is 23.5. The van der Waals surface area contributed by atoms with Crippen LogP contribution in [0.15, 0.2) is 89.2 Å². The Bertz CT molecular complexity index is 2500. The molecule has 3 aromatic carbocycles. The van der Waals surface area contributed by atoms with E-state index in [0.29, 0.717) is 69.3 Å². The standard InChI is InChI=1S/C51H61N7O5S/c1-32(2)40-7-4-5-8-41(40)45-9-6-20-58(45)36-28-51(29-36)17-21-57(22-18-51)35-10-11-42(46(25-35)62-38-24-34-14-19-52-48(34)54-31-38)49(59)56-64-39-26-43-47(44(27-39)55-61)63-37(30-53-43)23-33-12-15-50(3,60)16-13-33/h4-5,7-8,10-11,14,19,24-27,31-33,36-37,45,53,60H,6,9,12-13,15-18,20-23,28-30H2,1-3H3,(H,52,54)(H,56,59)/t33?,37-,45+,50?/m0/s1. The Kier molecular flexibility index (Phi) is 11.8. The van der Waals surface area contributed by atoms with Gasteiger partial charge in [-0.1, -0.05) is 38.1 Å². The summed E-state index contributed by atoms with van der Waals surface area (Å²) in [6.07, 6.45) is 15.1. The molecule has 10 rings (SSSR count). The molecule has 64 heavy (non-hydrogen) atoms. The van der Waals surface area contributed by atoms with E-state index in [9.17, 15) is 14.8 Å². The number of amides is 1. The van der Waals surface area contributed by atoms with Crippen LogP contribution in [0, 0.1) is 16.2 Å². The molecule has 5 aliphatic rings. The summed E-state index contributed by atoms with van der Waals surface area (Å²) in [5, 5.41) is 18.1. The lowest BCUT2D eigenvalue weighted by molar-refractivity contribution is -0.0227. The van der Waals surface area contributed by atoms with Crippen LogP contribution in [0.3, 0.4) is 0 Å². The number of nitroso groups, excluding NO2 is 1. The molecule has 5 heterocycles. The predicted molar refractivity (Wildman–Crippen MR) is 254 cm³/mol. The summed E-state index contributed by atoms with van der Waals surface area (Å²) in [5.41, 5.74) is 5.88. The lowest BCUT2D eigenvalue weighted by atomic mass is 9.59. The second kappa shape index (κ2) is 17.7. The fourth-order valence-electron chi connectivity index (χ4n) is 11.4. The van der Waals surface area contributed by atoms with Crippen molar-refractivity contribution in [1.82, 2.24) is 19.6 Å². The molecule has 5 aromatic rings. The van der Waals surface area contributed by atoms with Gasteiger partial charge in [-0.05, 0) is 166 Å². The Morgan fingerprint density at radius 3 is 2.64 bits per heavy atom. The average Bonchev–Trinajstić information content (AvgIpc) is 3.98. The minimum atomic E-state index is -0.586. The second-order valence-electron chi connectivity index (χ2n) is 19.8. The Morgan fingerprint density at radius 1 is 1.03 bits per heavy atom. The number of piperidine rings is 1. The Hall–Kier alpha value is -5.11. The largest absolute Gasteiger partial charge is 0.484 e. The molecule has 2 saturated carbocycles. The van der Waals surface area contributed by atoms with Gasteiger partial charge in [0.2, 0.25) is 0 Å². The van der Waals surface area contributed by atoms with Gasteiger partial charge in [0.05, 0.1) is 29.6 Å². The average molecular weight is 884 g/mol. The number of aliphatic hydroxyl groups is 1. The van der Waals surface area contributed by atoms with Gasteiger partial charge < -0.3 is 29.8 Å². The smallest absolute Gasteiger partial charge is 0.265 e. The second-order valence-corrected chi connectivity index (χ2v) is 20.7. The van der Waals surface area contributed by atoms with E-state index in [2.05, 4.69) is 73.1 Å². The highest BCUT2D eigenvalue weighted by atomic mass is 32.2. The molecule has 2 atom stereocenters. The van der Waals surface area contributed by atoms with Crippen LogP contribution in [-0.2, 0) is 0 Å². The van der Waals surface area contributed by atoms with E-state index in [0.717, 1.165) is 86.7 Å². The number of likely N-dealkylation sites (tertiary alicyclic amines) is 1. The Balaban J connectivity index is 0.807. The number of nitrogens with one attached hydrogen (secondary N) is 3. The summed E-state index contributed by atoms with van der Waals surface area (Å²) in [5.74, 6) is 2.08. The van der Waals surface area contributed by atoms with Gasteiger partial charge in [-0.3, -0.25) is 14.4 Å². The maximum atomic E-state index is 14.0. The number of nitrogens with zero attached hydrogens (tertiary/aromatic N) is 4. The zero-order valence-corrected chi connectivity index (χ0v) is 38.1. The summed E-state index contributed by atoms with van der Waals surface area (Å²) in [6, 6.07) is 23.6. The number of hydrogen-bond donors (Lipinski definition) is 4. The first kappa shape index (κ1) is 42.8. The molecule has 3 aliphatic heterocycles. The molecule has 2 aliphatic carbocycles. The van der Waals surface area contributed by atoms with E-state index in [-0.39, 0.29) is 17.7 Å². The predicted octanol–water partition coefficient (Wildman–Crippen LogP) is 11.4. The molecule has 2 aromatic heterocycles. The van der Waals surface area contributed by atoms with Crippen molar-refractivity contribution in [2.24, 2.45) is 16.5 Å². The number of anilines is 2. The Morgan fingerprint density at radius 2 is 1.84 bits per heavy atom. The topological polar surface area (TPSA) is 144 Å². The first-order valence-corrected chi connectivity index (χ1v) is 24.3. The number of hydrogen-bond acceptors (Lipinski definition) is 11. The summed E-state index contributed by atoms with van der Waals surface area (Å²) >= 11 is 1.12. The Labute approximate surface area is 380 Å². The summed E-state index contributed by atoms with van der Waals surface area (Å²) in [7, 11) is 0. The SMILES string of the molecule is CC(C)c1ccccc1[C@H]1CCCN1C1CC2(CCN(c3ccc(C(=O)NSc4cc(N=O)c5c(c4)NC[C@H](CC4CCC(C)(O)CC4)O5)c(Oc4cnc5[nH]ccc5c4)c3)CC2)C1. The molecule has 12 nitrogen and oxygen atoms in total. The number of benzene rings is 3. The molecule has 1 amide bonds. The van der Waals surface area contributed by atoms with E-state index in [1.807, 2.05) is 49.5 Å². The van der Waals surface area contributed by atoms with Gasteiger partial charge in [0.25, 0.3) is 5.91 Å². The maximum absolute atomic E-state index is 14.0. The quantitative estimate of drug-likeness (QED) is 0.0706. The molecule has 0 unspecified atom stereocenters. The van der Waals surface area contributed by atoms with Gasteiger partial charge in [-0.15, -0.1) is 4.91 Å². The van der Waals surface area contributed by atoms with Gasteiger partial charge in [0, 0.05) is 53.4 Å². The monoisotopic (exact) mass is 883 g/mol. The third kappa shape index (κ3) is 8.83. The number of pyridine rings is 1. The van der Waals surface area contributed by atoms with Crippen LogP contribution in [0.1, 0.15) is 125 Å². The van der Waals surface area contributed by atoms with Gasteiger partial charge in [-0.2, -0.15) is 0 Å². The number of carbonyl (C=O) groups excluding carboxylic acids is 1. The lowest BCUT2D eigenvalue weighted by Gasteiger charge is -2.56. The normalized spacial score (nSPS) is 24.5. The van der Waals surface area contributed by atoms with E-state index in [1.165, 1.54) is 43.4 Å². The molecule has 0 radical (unpaired) electrons. The van der Waals surface area contributed by atoms with Crippen molar-refractivity contribution >= 4 is 46.0 Å². The van der Waals surface area contributed by atoms with Crippen LogP contribution in [-0.4, -0.2) is 69.8 Å². The molecule has 1 spiro atoms. The van der Waals surface area contributed by atoms with Crippen molar-refractivity contribution in [2.75, 3.05) is 36.4 Å². The lowest BCUT2D eigenvalue weighted by Crippen LogP contribution is -2.54. The van der Waals surface area contributed by atoms with Gasteiger partial charge in [0.15, 0.2) is 11.4 Å². The van der Waals surface area contributed by atoms with E-state index in [4.69, 9.17) is 9.47 Å². The fourth-order valence-corrected chi connectivity index (χ4v) is 12.1. The molecule has 336 valence electrons. The zero-order valence-electron chi connectivity index (χ0n) is 37.3. The number of carbonyl (C=O) groups is 1. The first-order chi connectivity index (χ1) is 31.0. The van der Waals surface area contributed by atoms with Gasteiger partial charge in [0.1, 0.15) is 23.3 Å². The minimum Gasteiger partial charge on any atom is -0.484 e. The molecular formula is C51H61N7O5S. The summed E-state index contributed by atoms with van der Waals surface area (Å²) < 4.78 is 15.9. The number of aromatic nitrogens is 2. The highest BCUT2D eigenvalue weighted by Crippen LogP contribution is 2.54. The van der Waals surface area contributed by atoms with Crippen molar-refractivity contribution in [2.45, 2.75) is 126 Å². The van der Waals surface area contributed by atoms with Crippen LogP contribution >= 0.6 is 11.9 Å². The number of ether oxygens (including phenoxy) is 2.